The van der Waals surface area contributed by atoms with Crippen molar-refractivity contribution in [1.82, 2.24) is 24.9 Å². The van der Waals surface area contributed by atoms with Gasteiger partial charge in [-0.05, 0) is 42.7 Å². The Morgan fingerprint density at radius 1 is 1.30 bits per heavy atom. The minimum Gasteiger partial charge on any atom is -0.490 e. The molecule has 1 aliphatic rings. The number of carboxylic acids is 1. The Labute approximate surface area is 194 Å². The Balaban J connectivity index is 1.57. The molecule has 4 rings (SSSR count). The fourth-order valence-electron chi connectivity index (χ4n) is 3.67. The number of tetrazole rings is 1. The number of piperidine rings is 1. The Morgan fingerprint density at radius 3 is 2.70 bits per heavy atom. The summed E-state index contributed by atoms with van der Waals surface area (Å²) >= 11 is 1.37. The van der Waals surface area contributed by atoms with Crippen molar-refractivity contribution in [1.29, 1.82) is 0 Å². The lowest BCUT2D eigenvalue weighted by Gasteiger charge is -2.30. The molecule has 0 amide bonds. The molecule has 3 heterocycles. The van der Waals surface area contributed by atoms with Crippen molar-refractivity contribution in [2.24, 2.45) is 0 Å². The van der Waals surface area contributed by atoms with Crippen molar-refractivity contribution in [2.75, 3.05) is 26.0 Å². The zero-order valence-electron chi connectivity index (χ0n) is 18.0. The second-order valence-corrected chi connectivity index (χ2v) is 10.6. The molecule has 3 aromatic rings. The third-order valence-electron chi connectivity index (χ3n) is 5.25. The number of nitrogens with one attached hydrogen (secondary N) is 1. The van der Waals surface area contributed by atoms with E-state index in [1.54, 1.807) is 0 Å². The van der Waals surface area contributed by atoms with E-state index in [0.29, 0.717) is 48.1 Å². The first kappa shape index (κ1) is 23.1. The average Bonchev–Trinajstić information content (AvgIpc) is 3.40. The number of nitrogens with zero attached hydrogens (tertiary/aromatic N) is 4. The molecule has 0 aliphatic carbocycles. The number of aromatic nitrogens is 4. The number of hydrogen-bond acceptors (Lipinski definition) is 9. The Kier molecular flexibility index (Phi) is 6.63. The Hall–Kier alpha value is -3.03. The molecule has 1 fully saturated rings. The van der Waals surface area contributed by atoms with E-state index in [2.05, 4.69) is 20.6 Å². The number of aliphatic carboxylic acids is 1. The maximum atomic E-state index is 11.7. The second kappa shape index (κ2) is 9.45. The standard InChI is InChI=1S/C20H23N5O6S2/c1-12-17(30-11-16(26)27)19(20-21-23-24-22-20)32-18(12)13-4-3-5-15(10-13)31-14-6-8-25(9-7-14)33(2,28)29/h3-5,10,14H,6-9,11H2,1-2H3,(H,26,27)(H,21,22,23,24). The number of thiophene rings is 1. The number of sulfonamides is 1. The number of ether oxygens (including phenoxy) is 2. The molecule has 1 aliphatic heterocycles. The monoisotopic (exact) mass is 493 g/mol. The lowest BCUT2D eigenvalue weighted by Crippen LogP contribution is -2.41. The molecule has 33 heavy (non-hydrogen) atoms. The number of hydrogen-bond donors (Lipinski definition) is 2. The molecule has 0 atom stereocenters. The molecule has 0 saturated carbocycles. The first-order valence-corrected chi connectivity index (χ1v) is 12.8. The topological polar surface area (TPSA) is 148 Å². The van der Waals surface area contributed by atoms with Gasteiger partial charge in [0, 0.05) is 23.5 Å². The molecule has 13 heteroatoms. The summed E-state index contributed by atoms with van der Waals surface area (Å²) in [6.07, 6.45) is 2.37. The van der Waals surface area contributed by atoms with Crippen LogP contribution < -0.4 is 9.47 Å². The molecule has 1 aromatic carbocycles. The van der Waals surface area contributed by atoms with Gasteiger partial charge in [0.15, 0.2) is 6.61 Å². The molecular formula is C20H23N5O6S2. The number of carbonyl (C=O) groups is 1. The van der Waals surface area contributed by atoms with Gasteiger partial charge in [0.05, 0.1) is 6.26 Å². The van der Waals surface area contributed by atoms with E-state index < -0.39 is 22.6 Å². The zero-order valence-corrected chi connectivity index (χ0v) is 19.6. The number of benzene rings is 1. The summed E-state index contributed by atoms with van der Waals surface area (Å²) in [6, 6.07) is 7.57. The van der Waals surface area contributed by atoms with Crippen LogP contribution in [0, 0.1) is 6.92 Å². The Bertz CT molecular complexity index is 1230. The lowest BCUT2D eigenvalue weighted by atomic mass is 10.1. The van der Waals surface area contributed by atoms with Crippen LogP contribution in [0.15, 0.2) is 24.3 Å². The van der Waals surface area contributed by atoms with Gasteiger partial charge in [-0.1, -0.05) is 12.1 Å². The number of H-pyrrole nitrogens is 1. The van der Waals surface area contributed by atoms with Crippen molar-refractivity contribution in [3.63, 3.8) is 0 Å². The van der Waals surface area contributed by atoms with Crippen LogP contribution in [0.25, 0.3) is 21.1 Å². The summed E-state index contributed by atoms with van der Waals surface area (Å²) in [6.45, 7) is 2.23. The third kappa shape index (κ3) is 5.31. The molecule has 0 unspecified atom stereocenters. The molecule has 0 spiro atoms. The van der Waals surface area contributed by atoms with Gasteiger partial charge in [-0.25, -0.2) is 17.5 Å². The molecule has 1 saturated heterocycles. The molecule has 2 aromatic heterocycles. The minimum absolute atomic E-state index is 0.0768. The van der Waals surface area contributed by atoms with Crippen LogP contribution in [0.3, 0.4) is 0 Å². The van der Waals surface area contributed by atoms with E-state index >= 15 is 0 Å². The maximum absolute atomic E-state index is 11.7. The van der Waals surface area contributed by atoms with E-state index in [9.17, 15) is 13.2 Å². The van der Waals surface area contributed by atoms with Crippen LogP contribution in [-0.4, -0.2) is 76.5 Å². The average molecular weight is 494 g/mol. The molecule has 0 bridgehead atoms. The van der Waals surface area contributed by atoms with Crippen molar-refractivity contribution >= 4 is 27.3 Å². The highest BCUT2D eigenvalue weighted by Crippen LogP contribution is 2.46. The Morgan fingerprint density at radius 2 is 2.06 bits per heavy atom. The highest BCUT2D eigenvalue weighted by molar-refractivity contribution is 7.88. The fraction of sp³-hybridized carbons (Fsp3) is 0.400. The molecule has 0 radical (unpaired) electrons. The molecular weight excluding hydrogens is 470 g/mol. The van der Waals surface area contributed by atoms with Crippen molar-refractivity contribution < 1.29 is 27.8 Å². The van der Waals surface area contributed by atoms with Gasteiger partial charge < -0.3 is 14.6 Å². The first-order chi connectivity index (χ1) is 15.7. The second-order valence-electron chi connectivity index (χ2n) is 7.64. The van der Waals surface area contributed by atoms with Gasteiger partial charge in [0.1, 0.15) is 22.5 Å². The summed E-state index contributed by atoms with van der Waals surface area (Å²) in [5.41, 5.74) is 1.64. The van der Waals surface area contributed by atoms with Crippen molar-refractivity contribution in [3.8, 4) is 32.6 Å². The van der Waals surface area contributed by atoms with Crippen molar-refractivity contribution in [3.05, 3.63) is 29.8 Å². The van der Waals surface area contributed by atoms with Crippen LogP contribution in [0.1, 0.15) is 18.4 Å². The first-order valence-electron chi connectivity index (χ1n) is 10.2. The van der Waals surface area contributed by atoms with E-state index in [4.69, 9.17) is 14.6 Å². The normalized spacial score (nSPS) is 15.5. The minimum atomic E-state index is -3.19. The van der Waals surface area contributed by atoms with Gasteiger partial charge in [-0.15, -0.1) is 21.5 Å². The number of aromatic amines is 1. The SMILES string of the molecule is Cc1c(-c2cccc(OC3CCN(S(C)(=O)=O)CC3)c2)sc(-c2nn[nH]n2)c1OCC(=O)O. The number of rotatable bonds is 8. The van der Waals surface area contributed by atoms with Crippen LogP contribution in [-0.2, 0) is 14.8 Å². The quantitative estimate of drug-likeness (QED) is 0.482. The third-order valence-corrected chi connectivity index (χ3v) is 7.87. The fourth-order valence-corrected chi connectivity index (χ4v) is 5.72. The summed E-state index contributed by atoms with van der Waals surface area (Å²) in [4.78, 5) is 12.5. The highest BCUT2D eigenvalue weighted by Gasteiger charge is 2.26. The predicted molar refractivity (Wildman–Crippen MR) is 121 cm³/mol. The molecule has 176 valence electrons. The predicted octanol–water partition coefficient (Wildman–Crippen LogP) is 2.17. The van der Waals surface area contributed by atoms with Gasteiger partial charge in [0.2, 0.25) is 15.8 Å². The smallest absolute Gasteiger partial charge is 0.341 e. The lowest BCUT2D eigenvalue weighted by molar-refractivity contribution is -0.139. The van der Waals surface area contributed by atoms with E-state index in [0.717, 1.165) is 16.0 Å². The highest BCUT2D eigenvalue weighted by atomic mass is 32.2. The maximum Gasteiger partial charge on any atom is 0.341 e. The molecule has 11 nitrogen and oxygen atoms in total. The summed E-state index contributed by atoms with van der Waals surface area (Å²) in [7, 11) is -3.19. The van der Waals surface area contributed by atoms with Crippen LogP contribution in [0.5, 0.6) is 11.5 Å². The van der Waals surface area contributed by atoms with Crippen LogP contribution in [0.2, 0.25) is 0 Å². The van der Waals surface area contributed by atoms with Crippen LogP contribution in [0.4, 0.5) is 0 Å². The molecule has 2 N–H and O–H groups in total. The van der Waals surface area contributed by atoms with Gasteiger partial charge >= 0.3 is 5.97 Å². The van der Waals surface area contributed by atoms with Crippen LogP contribution >= 0.6 is 11.3 Å². The number of carboxylic acid groups (broad SMARTS) is 1. The van der Waals surface area contributed by atoms with E-state index in [-0.39, 0.29) is 6.10 Å². The van der Waals surface area contributed by atoms with E-state index in [1.165, 1.54) is 21.9 Å². The zero-order chi connectivity index (χ0) is 23.6. The van der Waals surface area contributed by atoms with E-state index in [1.807, 2.05) is 31.2 Å². The van der Waals surface area contributed by atoms with Gasteiger partial charge in [-0.2, -0.15) is 5.21 Å². The van der Waals surface area contributed by atoms with Gasteiger partial charge in [0.25, 0.3) is 0 Å². The summed E-state index contributed by atoms with van der Waals surface area (Å²) in [5, 5.41) is 23.0. The van der Waals surface area contributed by atoms with Gasteiger partial charge in [-0.3, -0.25) is 0 Å². The summed E-state index contributed by atoms with van der Waals surface area (Å²) < 4.78 is 36.6. The summed E-state index contributed by atoms with van der Waals surface area (Å²) in [5.74, 6) is 0.309. The largest absolute Gasteiger partial charge is 0.490 e. The van der Waals surface area contributed by atoms with Crippen molar-refractivity contribution in [2.45, 2.75) is 25.9 Å².